The third kappa shape index (κ3) is 5.91. The third-order valence-electron chi connectivity index (χ3n) is 5.48. The maximum absolute atomic E-state index is 12.9. The van der Waals surface area contributed by atoms with E-state index in [0.717, 1.165) is 34.1 Å². The zero-order valence-corrected chi connectivity index (χ0v) is 20.8. The third-order valence-corrected chi connectivity index (χ3v) is 6.72. The summed E-state index contributed by atoms with van der Waals surface area (Å²) in [4.78, 5) is 40.4. The van der Waals surface area contributed by atoms with Gasteiger partial charge in [-0.05, 0) is 56.5 Å². The predicted octanol–water partition coefficient (Wildman–Crippen LogP) is 4.62. The minimum absolute atomic E-state index is 0.104. The van der Waals surface area contributed by atoms with Gasteiger partial charge in [0.05, 0.1) is 10.9 Å². The van der Waals surface area contributed by atoms with E-state index in [1.54, 1.807) is 19.1 Å². The molecule has 0 aliphatic heterocycles. The number of amides is 2. The van der Waals surface area contributed by atoms with Crippen molar-refractivity contribution in [2.75, 3.05) is 10.6 Å². The van der Waals surface area contributed by atoms with Gasteiger partial charge in [-0.25, -0.2) is 0 Å². The summed E-state index contributed by atoms with van der Waals surface area (Å²) in [6.45, 7) is 9.49. The maximum atomic E-state index is 12.9. The Morgan fingerprint density at radius 2 is 1.79 bits per heavy atom. The van der Waals surface area contributed by atoms with Crippen molar-refractivity contribution in [2.45, 2.75) is 57.9 Å². The van der Waals surface area contributed by atoms with E-state index in [1.165, 1.54) is 0 Å². The number of benzene rings is 2. The Morgan fingerprint density at radius 3 is 2.47 bits per heavy atom. The highest BCUT2D eigenvalue weighted by atomic mass is 32.2. The highest BCUT2D eigenvalue weighted by Crippen LogP contribution is 2.27. The second-order valence-electron chi connectivity index (χ2n) is 8.01. The summed E-state index contributed by atoms with van der Waals surface area (Å²) in [5.41, 5.74) is 4.43. The lowest BCUT2D eigenvalue weighted by atomic mass is 10.1. The molecule has 2 amide bonds. The maximum Gasteiger partial charge on any atom is 0.278 e. The van der Waals surface area contributed by atoms with Crippen molar-refractivity contribution in [3.05, 3.63) is 63.4 Å². The van der Waals surface area contributed by atoms with Gasteiger partial charge in [0, 0.05) is 17.7 Å². The molecule has 0 aliphatic carbocycles. The van der Waals surface area contributed by atoms with E-state index in [1.807, 2.05) is 52.0 Å². The number of hydrogen-bond donors (Lipinski definition) is 3. The number of hydrogen-bond acceptors (Lipinski definition) is 6. The number of carbonyl (C=O) groups is 2. The van der Waals surface area contributed by atoms with Crippen molar-refractivity contribution in [1.29, 1.82) is 0 Å². The number of nitrogens with one attached hydrogen (secondary N) is 3. The van der Waals surface area contributed by atoms with Crippen molar-refractivity contribution in [3.63, 3.8) is 0 Å². The minimum atomic E-state index is -0.464. The van der Waals surface area contributed by atoms with Crippen LogP contribution in [0.5, 0.6) is 0 Å². The molecule has 3 N–H and O–H groups in total. The summed E-state index contributed by atoms with van der Waals surface area (Å²) in [7, 11) is 0. The van der Waals surface area contributed by atoms with E-state index in [2.05, 4.69) is 25.8 Å². The molecular weight excluding hydrogens is 450 g/mol. The van der Waals surface area contributed by atoms with Crippen LogP contribution in [-0.4, -0.2) is 32.2 Å². The molecule has 1 unspecified atom stereocenters. The normalized spacial score (nSPS) is 11.7. The average Bonchev–Trinajstić information content (AvgIpc) is 2.81. The van der Waals surface area contributed by atoms with Crippen molar-refractivity contribution in [1.82, 2.24) is 15.2 Å². The zero-order chi connectivity index (χ0) is 24.8. The Balaban J connectivity index is 1.83. The molecular formula is C25H29N5O3S. The molecule has 8 nitrogen and oxygen atoms in total. The van der Waals surface area contributed by atoms with Crippen molar-refractivity contribution >= 4 is 35.0 Å². The van der Waals surface area contributed by atoms with Crippen LogP contribution in [0.15, 0.2) is 46.3 Å². The molecule has 178 valence electrons. The van der Waals surface area contributed by atoms with Crippen molar-refractivity contribution < 1.29 is 9.59 Å². The number of aryl methyl sites for hydroxylation is 2. The summed E-state index contributed by atoms with van der Waals surface area (Å²) >= 11 is 1.15. The zero-order valence-electron chi connectivity index (χ0n) is 20.0. The molecule has 0 saturated carbocycles. The first kappa shape index (κ1) is 25.2. The van der Waals surface area contributed by atoms with Crippen LogP contribution in [0.4, 0.5) is 11.4 Å². The number of nitrogens with zero attached hydrogens (tertiary/aromatic N) is 2. The van der Waals surface area contributed by atoms with Gasteiger partial charge < -0.3 is 10.6 Å². The second-order valence-corrected chi connectivity index (χ2v) is 9.20. The highest BCUT2D eigenvalue weighted by molar-refractivity contribution is 8.00. The van der Waals surface area contributed by atoms with Gasteiger partial charge in [0.15, 0.2) is 10.9 Å². The van der Waals surface area contributed by atoms with Gasteiger partial charge in [-0.15, -0.1) is 10.2 Å². The van der Waals surface area contributed by atoms with E-state index in [-0.39, 0.29) is 22.7 Å². The van der Waals surface area contributed by atoms with E-state index >= 15 is 0 Å². The lowest BCUT2D eigenvalue weighted by molar-refractivity contribution is -0.116. The average molecular weight is 480 g/mol. The van der Waals surface area contributed by atoms with Crippen LogP contribution < -0.4 is 16.2 Å². The number of aromatic amines is 1. The molecule has 3 rings (SSSR count). The molecule has 1 heterocycles. The summed E-state index contributed by atoms with van der Waals surface area (Å²) in [6, 6.07) is 11.1. The van der Waals surface area contributed by atoms with Crippen LogP contribution in [0.2, 0.25) is 0 Å². The molecule has 3 aromatic rings. The van der Waals surface area contributed by atoms with Crippen LogP contribution in [-0.2, 0) is 9.59 Å². The molecule has 34 heavy (non-hydrogen) atoms. The van der Waals surface area contributed by atoms with Gasteiger partial charge in [0.1, 0.15) is 0 Å². The van der Waals surface area contributed by atoms with E-state index in [4.69, 9.17) is 0 Å². The summed E-state index contributed by atoms with van der Waals surface area (Å²) in [5, 5.41) is 13.9. The van der Waals surface area contributed by atoms with Gasteiger partial charge in [-0.1, -0.05) is 49.4 Å². The van der Waals surface area contributed by atoms with Crippen LogP contribution in [0.25, 0.3) is 11.3 Å². The smallest absolute Gasteiger partial charge is 0.278 e. The Labute approximate surface area is 203 Å². The minimum Gasteiger partial charge on any atom is -0.325 e. The molecule has 0 radical (unpaired) electrons. The summed E-state index contributed by atoms with van der Waals surface area (Å²) < 4.78 is 0. The van der Waals surface area contributed by atoms with E-state index in [0.29, 0.717) is 24.1 Å². The SMILES string of the molecule is CCC(=O)Nc1ccc(C)cc1-c1nnc(SC(CC)C(=O)Nc2cccc(C)c2C)[nH]c1=O. The molecule has 0 saturated heterocycles. The molecule has 1 atom stereocenters. The molecule has 0 aliphatic rings. The Kier molecular flexibility index (Phi) is 8.22. The molecule has 1 aromatic heterocycles. The van der Waals surface area contributed by atoms with Crippen molar-refractivity contribution in [3.8, 4) is 11.3 Å². The largest absolute Gasteiger partial charge is 0.325 e. The lowest BCUT2D eigenvalue weighted by Crippen LogP contribution is -2.26. The highest BCUT2D eigenvalue weighted by Gasteiger charge is 2.21. The topological polar surface area (TPSA) is 117 Å². The standard InChI is InChI=1S/C25H29N5O3S/c1-6-20(23(32)27-18-10-8-9-15(4)16(18)5)34-25-28-24(33)22(29-30-25)17-13-14(3)11-12-19(17)26-21(31)7-2/h8-13,20H,6-7H2,1-5H3,(H,26,31)(H,27,32)(H,28,30,33). The van der Waals surface area contributed by atoms with Gasteiger partial charge in [-0.3, -0.25) is 19.4 Å². The number of H-pyrrole nitrogens is 1. The fourth-order valence-electron chi connectivity index (χ4n) is 3.31. The molecule has 0 spiro atoms. The Bertz CT molecular complexity index is 1270. The van der Waals surface area contributed by atoms with Gasteiger partial charge in [-0.2, -0.15) is 0 Å². The van der Waals surface area contributed by atoms with Gasteiger partial charge >= 0.3 is 0 Å². The number of anilines is 2. The predicted molar refractivity (Wildman–Crippen MR) is 136 cm³/mol. The van der Waals surface area contributed by atoms with Crippen molar-refractivity contribution in [2.24, 2.45) is 0 Å². The molecule has 0 bridgehead atoms. The van der Waals surface area contributed by atoms with Crippen LogP contribution in [0.3, 0.4) is 0 Å². The first-order valence-electron chi connectivity index (χ1n) is 11.1. The van der Waals surface area contributed by atoms with E-state index < -0.39 is 10.8 Å². The van der Waals surface area contributed by atoms with Crippen LogP contribution in [0, 0.1) is 20.8 Å². The summed E-state index contributed by atoms with van der Waals surface area (Å²) in [5.74, 6) is -0.335. The van der Waals surface area contributed by atoms with Gasteiger partial charge in [0.25, 0.3) is 5.56 Å². The molecule has 2 aromatic carbocycles. The fourth-order valence-corrected chi connectivity index (χ4v) is 4.15. The Hall–Kier alpha value is -3.46. The van der Waals surface area contributed by atoms with Gasteiger partial charge in [0.2, 0.25) is 11.8 Å². The van der Waals surface area contributed by atoms with Crippen LogP contribution in [0.1, 0.15) is 43.4 Å². The number of aromatic nitrogens is 3. The quantitative estimate of drug-likeness (QED) is 0.406. The first-order chi connectivity index (χ1) is 16.2. The monoisotopic (exact) mass is 479 g/mol. The molecule has 0 fully saturated rings. The summed E-state index contributed by atoms with van der Waals surface area (Å²) in [6.07, 6.45) is 0.853. The molecule has 9 heteroatoms. The number of thioether (sulfide) groups is 1. The fraction of sp³-hybridized carbons (Fsp3) is 0.320. The van der Waals surface area contributed by atoms with E-state index in [9.17, 15) is 14.4 Å². The first-order valence-corrected chi connectivity index (χ1v) is 12.0. The second kappa shape index (κ2) is 11.1. The van der Waals surface area contributed by atoms with Crippen LogP contribution >= 0.6 is 11.8 Å². The lowest BCUT2D eigenvalue weighted by Gasteiger charge is -2.16. The number of carbonyl (C=O) groups excluding carboxylic acids is 2. The number of rotatable bonds is 8. The Morgan fingerprint density at radius 1 is 1.03 bits per heavy atom.